The van der Waals surface area contributed by atoms with Gasteiger partial charge in [-0.15, -0.1) is 0 Å². The molecule has 8 heteroatoms. The predicted octanol–water partition coefficient (Wildman–Crippen LogP) is 3.35. The monoisotopic (exact) mass is 422 g/mol. The molecule has 0 aromatic heterocycles. The molecule has 2 heterocycles. The molecule has 0 bridgehead atoms. The van der Waals surface area contributed by atoms with Gasteiger partial charge in [-0.25, -0.2) is 9.59 Å². The Hall–Kier alpha value is -3.68. The number of carbonyl (C=O) groups is 4. The summed E-state index contributed by atoms with van der Waals surface area (Å²) in [5, 5.41) is 0.487. The van der Waals surface area contributed by atoms with Crippen LogP contribution in [0.2, 0.25) is 0 Å². The molecule has 2 aromatic carbocycles. The van der Waals surface area contributed by atoms with Gasteiger partial charge in [-0.2, -0.15) is 0 Å². The largest absolute Gasteiger partial charge is 0.444 e. The third-order valence-electron chi connectivity index (χ3n) is 5.08. The van der Waals surface area contributed by atoms with Gasteiger partial charge in [-0.05, 0) is 56.5 Å². The number of fused-ring (bicyclic) bond motifs is 2. The van der Waals surface area contributed by atoms with Crippen molar-refractivity contribution in [2.75, 3.05) is 6.54 Å². The van der Waals surface area contributed by atoms with Gasteiger partial charge in [0.2, 0.25) is 0 Å². The second-order valence-corrected chi connectivity index (χ2v) is 8.42. The fourth-order valence-corrected chi connectivity index (χ4v) is 3.64. The van der Waals surface area contributed by atoms with Gasteiger partial charge in [0, 0.05) is 6.54 Å². The van der Waals surface area contributed by atoms with E-state index in [1.807, 2.05) is 6.07 Å². The van der Waals surface area contributed by atoms with Crippen molar-refractivity contribution in [3.8, 4) is 0 Å². The fourth-order valence-electron chi connectivity index (χ4n) is 3.64. The molecule has 31 heavy (non-hydrogen) atoms. The molecule has 4 rings (SSSR count). The van der Waals surface area contributed by atoms with Crippen molar-refractivity contribution < 1.29 is 28.8 Å². The van der Waals surface area contributed by atoms with Crippen LogP contribution in [0.5, 0.6) is 0 Å². The third-order valence-corrected chi connectivity index (χ3v) is 5.08. The zero-order valence-electron chi connectivity index (χ0n) is 17.5. The highest BCUT2D eigenvalue weighted by Gasteiger charge is 2.39. The van der Waals surface area contributed by atoms with E-state index in [1.54, 1.807) is 45.0 Å². The molecule has 0 N–H and O–H groups in total. The Kier molecular flexibility index (Phi) is 5.00. The number of hydroxylamine groups is 2. The van der Waals surface area contributed by atoms with Crippen molar-refractivity contribution in [1.82, 2.24) is 9.96 Å². The van der Waals surface area contributed by atoms with Crippen molar-refractivity contribution >= 4 is 23.9 Å². The van der Waals surface area contributed by atoms with E-state index in [0.717, 1.165) is 5.56 Å². The maximum absolute atomic E-state index is 12.9. The number of nitrogens with zero attached hydrogens (tertiary/aromatic N) is 2. The lowest BCUT2D eigenvalue weighted by molar-refractivity contribution is -0.0586. The minimum absolute atomic E-state index is 0.164. The highest BCUT2D eigenvalue weighted by atomic mass is 16.7. The Morgan fingerprint density at radius 3 is 2.19 bits per heavy atom. The summed E-state index contributed by atoms with van der Waals surface area (Å²) in [6.07, 6.45) is 0.0737. The molecule has 2 aliphatic heterocycles. The number of carbonyl (C=O) groups excluding carboxylic acids is 4. The molecule has 2 aromatic rings. The molecule has 0 atom stereocenters. The van der Waals surface area contributed by atoms with Crippen molar-refractivity contribution in [3.63, 3.8) is 0 Å². The molecule has 2 aliphatic rings. The van der Waals surface area contributed by atoms with Gasteiger partial charge in [0.15, 0.2) is 0 Å². The summed E-state index contributed by atoms with van der Waals surface area (Å²) in [4.78, 5) is 57.1. The van der Waals surface area contributed by atoms with Gasteiger partial charge in [0.1, 0.15) is 5.60 Å². The van der Waals surface area contributed by atoms with Crippen LogP contribution in [0.15, 0.2) is 42.5 Å². The number of imide groups is 1. The quantitative estimate of drug-likeness (QED) is 0.689. The summed E-state index contributed by atoms with van der Waals surface area (Å²) >= 11 is 0. The molecule has 0 radical (unpaired) electrons. The van der Waals surface area contributed by atoms with Crippen molar-refractivity contribution in [1.29, 1.82) is 0 Å². The van der Waals surface area contributed by atoms with Gasteiger partial charge >= 0.3 is 12.1 Å². The molecule has 0 aliphatic carbocycles. The van der Waals surface area contributed by atoms with Crippen molar-refractivity contribution in [2.45, 2.75) is 39.3 Å². The Bertz CT molecular complexity index is 1070. The Morgan fingerprint density at radius 1 is 0.935 bits per heavy atom. The van der Waals surface area contributed by atoms with Crippen LogP contribution in [0.3, 0.4) is 0 Å². The molecule has 0 saturated heterocycles. The maximum Gasteiger partial charge on any atom is 0.410 e. The second kappa shape index (κ2) is 7.54. The van der Waals surface area contributed by atoms with E-state index in [-0.39, 0.29) is 23.2 Å². The normalized spacial score (nSPS) is 15.5. The topological polar surface area (TPSA) is 93.2 Å². The van der Waals surface area contributed by atoms with Gasteiger partial charge in [0.25, 0.3) is 11.8 Å². The molecule has 0 fully saturated rings. The number of benzene rings is 2. The predicted molar refractivity (Wildman–Crippen MR) is 109 cm³/mol. The van der Waals surface area contributed by atoms with Crippen LogP contribution >= 0.6 is 0 Å². The summed E-state index contributed by atoms with van der Waals surface area (Å²) in [5.41, 5.74) is 1.44. The van der Waals surface area contributed by atoms with Gasteiger partial charge in [0.05, 0.1) is 23.2 Å². The first kappa shape index (κ1) is 20.6. The Balaban J connectivity index is 1.56. The fraction of sp³-hybridized carbons (Fsp3) is 0.304. The lowest BCUT2D eigenvalue weighted by Crippen LogP contribution is -2.40. The molecule has 3 amide bonds. The molecular weight excluding hydrogens is 400 g/mol. The number of hydrogen-bond donors (Lipinski definition) is 0. The first-order valence-electron chi connectivity index (χ1n) is 9.94. The summed E-state index contributed by atoms with van der Waals surface area (Å²) < 4.78 is 5.44. The van der Waals surface area contributed by atoms with E-state index < -0.39 is 29.5 Å². The molecule has 0 spiro atoms. The Morgan fingerprint density at radius 2 is 1.58 bits per heavy atom. The van der Waals surface area contributed by atoms with Gasteiger partial charge < -0.3 is 14.5 Å². The summed E-state index contributed by atoms with van der Waals surface area (Å²) in [7, 11) is 0. The molecule has 8 nitrogen and oxygen atoms in total. The smallest absolute Gasteiger partial charge is 0.410 e. The molecule has 0 unspecified atom stereocenters. The zero-order chi connectivity index (χ0) is 22.3. The van der Waals surface area contributed by atoms with Crippen LogP contribution in [0, 0.1) is 0 Å². The maximum atomic E-state index is 12.9. The van der Waals surface area contributed by atoms with Crippen LogP contribution < -0.4 is 0 Å². The van der Waals surface area contributed by atoms with Crippen LogP contribution in [0.25, 0.3) is 0 Å². The van der Waals surface area contributed by atoms with Crippen LogP contribution in [-0.4, -0.2) is 46.0 Å². The lowest BCUT2D eigenvalue weighted by atomic mass is 9.95. The minimum atomic E-state index is -0.836. The van der Waals surface area contributed by atoms with Crippen LogP contribution in [0.1, 0.15) is 63.0 Å². The molecule has 160 valence electrons. The average molecular weight is 422 g/mol. The van der Waals surface area contributed by atoms with E-state index in [2.05, 4.69) is 0 Å². The second-order valence-electron chi connectivity index (χ2n) is 8.42. The first-order chi connectivity index (χ1) is 14.7. The number of hydrogen-bond acceptors (Lipinski definition) is 6. The van der Waals surface area contributed by atoms with E-state index in [0.29, 0.717) is 23.6 Å². The van der Waals surface area contributed by atoms with Crippen molar-refractivity contribution in [3.05, 3.63) is 70.3 Å². The van der Waals surface area contributed by atoms with E-state index >= 15 is 0 Å². The minimum Gasteiger partial charge on any atom is -0.444 e. The van der Waals surface area contributed by atoms with Crippen LogP contribution in [-0.2, 0) is 22.5 Å². The number of amides is 3. The van der Waals surface area contributed by atoms with Gasteiger partial charge in [-0.3, -0.25) is 9.59 Å². The highest BCUT2D eigenvalue weighted by Crippen LogP contribution is 2.27. The number of rotatable bonds is 2. The summed E-state index contributed by atoms with van der Waals surface area (Å²) in [6.45, 7) is 5.98. The van der Waals surface area contributed by atoms with Crippen molar-refractivity contribution in [2.24, 2.45) is 0 Å². The highest BCUT2D eigenvalue weighted by molar-refractivity contribution is 6.21. The standard InChI is InChI=1S/C23H22N2O6/c1-23(2,3)30-22(29)24-12-11-14-7-6-10-17(18(14)13-24)21(28)31-25-19(26)15-8-4-5-9-16(15)20(25)27/h4-10H,11-13H2,1-3H3. The zero-order valence-corrected chi connectivity index (χ0v) is 17.5. The van der Waals surface area contributed by atoms with E-state index in [9.17, 15) is 19.2 Å². The summed E-state index contributed by atoms with van der Waals surface area (Å²) in [6, 6.07) is 11.4. The molecular formula is C23H22N2O6. The van der Waals surface area contributed by atoms with E-state index in [1.165, 1.54) is 17.0 Å². The average Bonchev–Trinajstić information content (AvgIpc) is 2.96. The van der Waals surface area contributed by atoms with Crippen LogP contribution in [0.4, 0.5) is 4.79 Å². The SMILES string of the molecule is CC(C)(C)OC(=O)N1CCc2cccc(C(=O)ON3C(=O)c4ccccc4C3=O)c2C1. The first-order valence-corrected chi connectivity index (χ1v) is 9.94. The molecule has 0 saturated carbocycles. The van der Waals surface area contributed by atoms with E-state index in [4.69, 9.17) is 9.57 Å². The third kappa shape index (κ3) is 3.88. The summed E-state index contributed by atoms with van der Waals surface area (Å²) in [5.74, 6) is -2.21. The lowest BCUT2D eigenvalue weighted by Gasteiger charge is -2.32. The Labute approximate surface area is 179 Å². The van der Waals surface area contributed by atoms with Gasteiger partial charge in [-0.1, -0.05) is 29.3 Å². The number of ether oxygens (including phenoxy) is 1.